The van der Waals surface area contributed by atoms with Gasteiger partial charge >= 0.3 is 0 Å². The molecular formula is C6H15N3O. The lowest BCUT2D eigenvalue weighted by Gasteiger charge is -2.13. The van der Waals surface area contributed by atoms with Gasteiger partial charge in [-0.3, -0.25) is 4.79 Å². The van der Waals surface area contributed by atoms with Crippen LogP contribution in [0.4, 0.5) is 0 Å². The van der Waals surface area contributed by atoms with Crippen LogP contribution in [0.3, 0.4) is 0 Å². The van der Waals surface area contributed by atoms with Gasteiger partial charge in [0.05, 0.1) is 0 Å². The quantitative estimate of drug-likeness (QED) is 0.358. The van der Waals surface area contributed by atoms with E-state index in [0.29, 0.717) is 19.5 Å². The minimum Gasteiger partial charge on any atom is -0.357 e. The molecule has 0 aromatic carbocycles. The lowest BCUT2D eigenvalue weighted by Crippen LogP contribution is -2.32. The first kappa shape index (κ1) is 9.39. The van der Waals surface area contributed by atoms with Crippen molar-refractivity contribution in [3.05, 3.63) is 0 Å². The molecule has 0 aromatic rings. The van der Waals surface area contributed by atoms with E-state index in [2.05, 4.69) is 10.2 Å². The van der Waals surface area contributed by atoms with Crippen LogP contribution in [0.25, 0.3) is 0 Å². The summed E-state index contributed by atoms with van der Waals surface area (Å²) in [5.41, 5.74) is 5.30. The highest BCUT2D eigenvalue weighted by Gasteiger charge is 1.93. The van der Waals surface area contributed by atoms with Crippen molar-refractivity contribution in [1.82, 2.24) is 10.2 Å². The molecular weight excluding hydrogens is 130 g/mol. The number of carbonyl (C=O) groups excluding carboxylic acids is 1. The number of nitrogens with one attached hydrogen (secondary N) is 1. The summed E-state index contributed by atoms with van der Waals surface area (Å²) < 4.78 is 0. The van der Waals surface area contributed by atoms with Gasteiger partial charge in [0.1, 0.15) is 0 Å². The molecule has 60 valence electrons. The van der Waals surface area contributed by atoms with E-state index in [9.17, 15) is 4.79 Å². The van der Waals surface area contributed by atoms with Crippen LogP contribution in [-0.4, -0.2) is 44.5 Å². The van der Waals surface area contributed by atoms with Gasteiger partial charge in [0, 0.05) is 26.2 Å². The Morgan fingerprint density at radius 3 is 2.80 bits per heavy atom. The van der Waals surface area contributed by atoms with Crippen LogP contribution >= 0.6 is 0 Å². The van der Waals surface area contributed by atoms with Gasteiger partial charge in [-0.2, -0.15) is 0 Å². The zero-order valence-corrected chi connectivity index (χ0v) is 6.34. The number of hydrogen-bond acceptors (Lipinski definition) is 3. The molecule has 3 N–H and O–H groups in total. The van der Waals surface area contributed by atoms with Gasteiger partial charge in [-0.05, 0) is 7.05 Å². The summed E-state index contributed by atoms with van der Waals surface area (Å²) in [4.78, 5) is 11.9. The molecule has 0 aliphatic carbocycles. The number of nitrogens with zero attached hydrogens (tertiary/aromatic N) is 1. The number of likely N-dealkylation sites (N-methyl/N-ethyl adjacent to an activating group) is 1. The molecule has 4 nitrogen and oxygen atoms in total. The zero-order valence-electron chi connectivity index (χ0n) is 6.34. The molecule has 0 rings (SSSR count). The van der Waals surface area contributed by atoms with Crippen molar-refractivity contribution in [2.24, 2.45) is 5.73 Å². The van der Waals surface area contributed by atoms with E-state index in [0.717, 1.165) is 13.1 Å². The van der Waals surface area contributed by atoms with Crippen LogP contribution in [-0.2, 0) is 4.79 Å². The largest absolute Gasteiger partial charge is 0.357 e. The van der Waals surface area contributed by atoms with Gasteiger partial charge < -0.3 is 16.0 Å². The molecule has 0 unspecified atom stereocenters. The van der Waals surface area contributed by atoms with Gasteiger partial charge in [0.15, 0.2) is 0 Å². The van der Waals surface area contributed by atoms with Crippen LogP contribution in [0.15, 0.2) is 0 Å². The van der Waals surface area contributed by atoms with Crippen molar-refractivity contribution in [2.45, 2.75) is 0 Å². The second-order valence-electron chi connectivity index (χ2n) is 2.16. The van der Waals surface area contributed by atoms with Crippen LogP contribution in [0.2, 0.25) is 0 Å². The molecule has 0 aromatic heterocycles. The van der Waals surface area contributed by atoms with Crippen LogP contribution in [0.1, 0.15) is 0 Å². The van der Waals surface area contributed by atoms with Crippen molar-refractivity contribution < 1.29 is 4.79 Å². The van der Waals surface area contributed by atoms with E-state index in [1.807, 2.05) is 7.05 Å². The Kier molecular flexibility index (Phi) is 6.11. The van der Waals surface area contributed by atoms with Crippen molar-refractivity contribution in [3.63, 3.8) is 0 Å². The Morgan fingerprint density at radius 2 is 2.30 bits per heavy atom. The van der Waals surface area contributed by atoms with Crippen LogP contribution in [0.5, 0.6) is 0 Å². The normalized spacial score (nSPS) is 9.90. The fraction of sp³-hybridized carbons (Fsp3) is 0.833. The predicted octanol–water partition coefficient (Wildman–Crippen LogP) is -1.38. The summed E-state index contributed by atoms with van der Waals surface area (Å²) in [5, 5.41) is 2.57. The van der Waals surface area contributed by atoms with Crippen molar-refractivity contribution >= 4 is 6.41 Å². The number of carbonyl (C=O) groups is 1. The number of amides is 1. The summed E-state index contributed by atoms with van der Waals surface area (Å²) in [6, 6.07) is 0. The Balaban J connectivity index is 3.04. The Bertz CT molecular complexity index is 87.1. The molecule has 10 heavy (non-hydrogen) atoms. The summed E-state index contributed by atoms with van der Waals surface area (Å²) in [6.45, 7) is 3.09. The molecule has 0 radical (unpaired) electrons. The average molecular weight is 145 g/mol. The van der Waals surface area contributed by atoms with E-state index >= 15 is 0 Å². The maximum Gasteiger partial charge on any atom is 0.207 e. The minimum absolute atomic E-state index is 0.664. The average Bonchev–Trinajstić information content (AvgIpc) is 1.89. The highest BCUT2D eigenvalue weighted by Crippen LogP contribution is 1.75. The fourth-order valence-corrected chi connectivity index (χ4v) is 0.647. The number of nitrogens with two attached hydrogens (primary N) is 1. The molecule has 0 saturated carbocycles. The highest BCUT2D eigenvalue weighted by atomic mass is 16.1. The molecule has 1 amide bonds. The van der Waals surface area contributed by atoms with Crippen LogP contribution in [0, 0.1) is 0 Å². The lowest BCUT2D eigenvalue weighted by molar-refractivity contribution is -0.109. The van der Waals surface area contributed by atoms with E-state index in [1.165, 1.54) is 0 Å². The van der Waals surface area contributed by atoms with Gasteiger partial charge in [-0.15, -0.1) is 0 Å². The first-order valence-electron chi connectivity index (χ1n) is 3.37. The second kappa shape index (κ2) is 6.51. The molecule has 0 fully saturated rings. The molecule has 0 atom stereocenters. The summed E-state index contributed by atoms with van der Waals surface area (Å²) >= 11 is 0. The minimum atomic E-state index is 0.664. The third kappa shape index (κ3) is 5.53. The summed E-state index contributed by atoms with van der Waals surface area (Å²) in [6.07, 6.45) is 0.705. The van der Waals surface area contributed by atoms with E-state index in [-0.39, 0.29) is 0 Å². The molecule has 0 bridgehead atoms. The summed E-state index contributed by atoms with van der Waals surface area (Å²) in [7, 11) is 1.97. The molecule has 4 heteroatoms. The molecule has 0 heterocycles. The Hall–Kier alpha value is -0.610. The van der Waals surface area contributed by atoms with E-state index < -0.39 is 0 Å². The topological polar surface area (TPSA) is 58.4 Å². The zero-order chi connectivity index (χ0) is 7.82. The van der Waals surface area contributed by atoms with Gasteiger partial charge in [0.2, 0.25) is 6.41 Å². The first-order valence-corrected chi connectivity index (χ1v) is 3.37. The standard InChI is InChI=1S/C6H15N3O/c1-9(4-2-7)5-3-8-6-10/h6H,2-5,7H2,1H3,(H,8,10). The lowest BCUT2D eigenvalue weighted by atomic mass is 10.5. The highest BCUT2D eigenvalue weighted by molar-refractivity contribution is 5.45. The molecule has 0 aliphatic heterocycles. The monoisotopic (exact) mass is 145 g/mol. The summed E-state index contributed by atoms with van der Waals surface area (Å²) in [5.74, 6) is 0. The van der Waals surface area contributed by atoms with Crippen LogP contribution < -0.4 is 11.1 Å². The van der Waals surface area contributed by atoms with Crippen molar-refractivity contribution in [1.29, 1.82) is 0 Å². The third-order valence-corrected chi connectivity index (χ3v) is 1.23. The SMILES string of the molecule is CN(CCN)CCNC=O. The Labute approximate surface area is 61.4 Å². The van der Waals surface area contributed by atoms with Crippen molar-refractivity contribution in [3.8, 4) is 0 Å². The number of hydrogen-bond donors (Lipinski definition) is 2. The molecule has 0 aliphatic rings. The first-order chi connectivity index (χ1) is 4.81. The smallest absolute Gasteiger partial charge is 0.207 e. The van der Waals surface area contributed by atoms with Gasteiger partial charge in [-0.25, -0.2) is 0 Å². The maximum absolute atomic E-state index is 9.79. The van der Waals surface area contributed by atoms with Gasteiger partial charge in [0.25, 0.3) is 0 Å². The third-order valence-electron chi connectivity index (χ3n) is 1.23. The van der Waals surface area contributed by atoms with Gasteiger partial charge in [-0.1, -0.05) is 0 Å². The predicted molar refractivity (Wildman–Crippen MR) is 40.6 cm³/mol. The van der Waals surface area contributed by atoms with Crippen molar-refractivity contribution in [2.75, 3.05) is 33.2 Å². The molecule has 0 spiro atoms. The van der Waals surface area contributed by atoms with E-state index in [4.69, 9.17) is 5.73 Å². The molecule has 0 saturated heterocycles. The second-order valence-corrected chi connectivity index (χ2v) is 2.16. The fourth-order valence-electron chi connectivity index (χ4n) is 0.647. The Morgan fingerprint density at radius 1 is 1.60 bits per heavy atom. The van der Waals surface area contributed by atoms with E-state index in [1.54, 1.807) is 0 Å². The number of rotatable bonds is 6. The maximum atomic E-state index is 9.79.